The minimum Gasteiger partial charge on any atom is -0.379 e. The maximum absolute atomic E-state index is 12.1. The molecule has 4 atom stereocenters. The molecule has 118 valence electrons. The molecule has 0 radical (unpaired) electrons. The van der Waals surface area contributed by atoms with Crippen molar-refractivity contribution in [2.75, 3.05) is 20.3 Å². The molecule has 5 nitrogen and oxygen atoms in total. The molecule has 1 rings (SSSR count). The Balaban J connectivity index is 2.28. The maximum atomic E-state index is 12.1. The highest BCUT2D eigenvalue weighted by Gasteiger charge is 2.39. The van der Waals surface area contributed by atoms with E-state index < -0.39 is 12.1 Å². The lowest BCUT2D eigenvalue weighted by Crippen LogP contribution is -2.60. The van der Waals surface area contributed by atoms with E-state index in [0.717, 1.165) is 12.8 Å². The van der Waals surface area contributed by atoms with Gasteiger partial charge in [0.05, 0.1) is 18.8 Å². The van der Waals surface area contributed by atoms with E-state index in [1.807, 2.05) is 6.92 Å². The number of rotatable bonds is 8. The molecule has 1 heterocycles. The molecular weight excluding hydrogens is 256 g/mol. The first kappa shape index (κ1) is 17.4. The molecule has 0 bridgehead atoms. The Bertz CT molecular complexity index is 286. The van der Waals surface area contributed by atoms with Crippen LogP contribution in [0, 0.1) is 5.92 Å². The number of carbonyl (C=O) groups excluding carboxylic acids is 1. The molecule has 0 aromatic rings. The molecular formula is C15H30N2O3. The fraction of sp³-hybridized carbons (Fsp3) is 0.933. The summed E-state index contributed by atoms with van der Waals surface area (Å²) in [5.41, 5.74) is 6.08. The second-order valence-corrected chi connectivity index (χ2v) is 5.71. The van der Waals surface area contributed by atoms with Gasteiger partial charge in [-0.25, -0.2) is 0 Å². The summed E-state index contributed by atoms with van der Waals surface area (Å²) < 4.78 is 11.0. The topological polar surface area (TPSA) is 73.6 Å². The van der Waals surface area contributed by atoms with Crippen LogP contribution in [0.25, 0.3) is 0 Å². The van der Waals surface area contributed by atoms with E-state index in [1.54, 1.807) is 7.11 Å². The van der Waals surface area contributed by atoms with Gasteiger partial charge in [-0.15, -0.1) is 0 Å². The van der Waals surface area contributed by atoms with Gasteiger partial charge in [-0.1, -0.05) is 39.5 Å². The second-order valence-electron chi connectivity index (χ2n) is 5.71. The monoisotopic (exact) mass is 286 g/mol. The summed E-state index contributed by atoms with van der Waals surface area (Å²) in [6.45, 7) is 5.43. The van der Waals surface area contributed by atoms with Crippen LogP contribution in [-0.4, -0.2) is 44.4 Å². The molecule has 5 heteroatoms. The Hall–Kier alpha value is -0.650. The highest BCUT2D eigenvalue weighted by Crippen LogP contribution is 2.21. The minimum atomic E-state index is -0.591. The van der Waals surface area contributed by atoms with Crippen molar-refractivity contribution >= 4 is 5.91 Å². The first-order chi connectivity index (χ1) is 9.61. The van der Waals surface area contributed by atoms with Crippen LogP contribution in [0.4, 0.5) is 0 Å². The highest BCUT2D eigenvalue weighted by molar-refractivity contribution is 5.81. The van der Waals surface area contributed by atoms with Crippen LogP contribution < -0.4 is 11.1 Å². The zero-order chi connectivity index (χ0) is 15.0. The largest absolute Gasteiger partial charge is 0.379 e. The smallest absolute Gasteiger partial charge is 0.250 e. The molecule has 3 N–H and O–H groups in total. The number of hydrogen-bond acceptors (Lipinski definition) is 4. The van der Waals surface area contributed by atoms with Crippen LogP contribution in [0.5, 0.6) is 0 Å². The summed E-state index contributed by atoms with van der Waals surface area (Å²) in [4.78, 5) is 12.1. The fourth-order valence-electron chi connectivity index (χ4n) is 2.69. The number of hydrogen-bond donors (Lipinski definition) is 2. The third kappa shape index (κ3) is 5.04. The van der Waals surface area contributed by atoms with Gasteiger partial charge in [0.1, 0.15) is 0 Å². The number of nitrogens with one attached hydrogen (secondary N) is 1. The number of methoxy groups -OCH3 is 1. The van der Waals surface area contributed by atoms with Gasteiger partial charge in [0, 0.05) is 19.6 Å². The summed E-state index contributed by atoms with van der Waals surface area (Å²) >= 11 is 0. The number of nitrogens with two attached hydrogens (primary N) is 1. The second kappa shape index (κ2) is 9.32. The van der Waals surface area contributed by atoms with Crippen LogP contribution in [0.1, 0.15) is 46.0 Å². The molecule has 1 aliphatic heterocycles. The van der Waals surface area contributed by atoms with Crippen molar-refractivity contribution < 1.29 is 14.3 Å². The van der Waals surface area contributed by atoms with Gasteiger partial charge in [0.25, 0.3) is 5.91 Å². The van der Waals surface area contributed by atoms with Gasteiger partial charge >= 0.3 is 0 Å². The lowest BCUT2D eigenvalue weighted by Gasteiger charge is -2.38. The summed E-state index contributed by atoms with van der Waals surface area (Å²) in [7, 11) is 1.63. The molecule has 1 fully saturated rings. The lowest BCUT2D eigenvalue weighted by molar-refractivity contribution is -0.150. The number of amides is 1. The Morgan fingerprint density at radius 1 is 1.35 bits per heavy atom. The van der Waals surface area contributed by atoms with Crippen molar-refractivity contribution in [3.05, 3.63) is 0 Å². The van der Waals surface area contributed by atoms with E-state index in [4.69, 9.17) is 15.2 Å². The molecule has 0 spiro atoms. The predicted octanol–water partition coefficient (Wildman–Crippen LogP) is 1.45. The van der Waals surface area contributed by atoms with Gasteiger partial charge in [-0.3, -0.25) is 4.79 Å². The average Bonchev–Trinajstić information content (AvgIpc) is 2.43. The summed E-state index contributed by atoms with van der Waals surface area (Å²) in [6.07, 6.45) is 5.18. The van der Waals surface area contributed by atoms with Gasteiger partial charge in [0.2, 0.25) is 0 Å². The van der Waals surface area contributed by atoms with Crippen molar-refractivity contribution in [2.24, 2.45) is 11.7 Å². The quantitative estimate of drug-likeness (QED) is 0.662. The molecule has 0 aliphatic carbocycles. The van der Waals surface area contributed by atoms with E-state index in [1.165, 1.54) is 19.3 Å². The Labute approximate surface area is 122 Å². The van der Waals surface area contributed by atoms with Crippen LogP contribution in [0.2, 0.25) is 0 Å². The fourth-order valence-corrected chi connectivity index (χ4v) is 2.69. The van der Waals surface area contributed by atoms with Crippen LogP contribution >= 0.6 is 0 Å². The lowest BCUT2D eigenvalue weighted by atomic mass is 9.91. The predicted molar refractivity (Wildman–Crippen MR) is 79.4 cm³/mol. The molecule has 1 aliphatic rings. The Morgan fingerprint density at radius 2 is 2.05 bits per heavy atom. The van der Waals surface area contributed by atoms with Crippen molar-refractivity contribution in [1.29, 1.82) is 0 Å². The van der Waals surface area contributed by atoms with Gasteiger partial charge in [-0.2, -0.15) is 0 Å². The standard InChI is InChI=1S/C15H30N2O3/c1-4-5-6-7-8-9-17-15(18)14-12(16)13(19-3)11(2)10-20-14/h11-14H,4-10,16H2,1-3H3,(H,17,18)/t11-,12?,13?,14-/m0/s1. The van der Waals surface area contributed by atoms with Crippen molar-refractivity contribution in [2.45, 2.75) is 64.2 Å². The van der Waals surface area contributed by atoms with E-state index in [2.05, 4.69) is 12.2 Å². The van der Waals surface area contributed by atoms with Crippen LogP contribution in [-0.2, 0) is 14.3 Å². The Kier molecular flexibility index (Phi) is 8.11. The number of carbonyl (C=O) groups is 1. The highest BCUT2D eigenvalue weighted by atomic mass is 16.5. The number of ether oxygens (including phenoxy) is 2. The molecule has 0 aromatic carbocycles. The van der Waals surface area contributed by atoms with Crippen molar-refractivity contribution in [3.63, 3.8) is 0 Å². The third-order valence-electron chi connectivity index (χ3n) is 3.94. The summed E-state index contributed by atoms with van der Waals surface area (Å²) in [5, 5.41) is 2.92. The van der Waals surface area contributed by atoms with E-state index in [9.17, 15) is 4.79 Å². The molecule has 0 saturated carbocycles. The first-order valence-corrected chi connectivity index (χ1v) is 7.79. The van der Waals surface area contributed by atoms with E-state index in [0.29, 0.717) is 13.2 Å². The third-order valence-corrected chi connectivity index (χ3v) is 3.94. The van der Waals surface area contributed by atoms with Crippen molar-refractivity contribution in [3.8, 4) is 0 Å². The van der Waals surface area contributed by atoms with Crippen molar-refractivity contribution in [1.82, 2.24) is 5.32 Å². The SMILES string of the molecule is CCCCCCCNC(=O)[C@H]1OC[C@H](C)C(OC)C1N. The molecule has 1 amide bonds. The molecule has 1 saturated heterocycles. The first-order valence-electron chi connectivity index (χ1n) is 7.79. The molecule has 2 unspecified atom stereocenters. The normalized spacial score (nSPS) is 30.2. The van der Waals surface area contributed by atoms with E-state index in [-0.39, 0.29) is 17.9 Å². The zero-order valence-corrected chi connectivity index (χ0v) is 13.1. The van der Waals surface area contributed by atoms with Crippen LogP contribution in [0.3, 0.4) is 0 Å². The molecule has 20 heavy (non-hydrogen) atoms. The summed E-state index contributed by atoms with van der Waals surface area (Å²) in [6, 6.07) is -0.399. The Morgan fingerprint density at radius 3 is 2.70 bits per heavy atom. The molecule has 0 aromatic heterocycles. The minimum absolute atomic E-state index is 0.109. The maximum Gasteiger partial charge on any atom is 0.250 e. The van der Waals surface area contributed by atoms with Gasteiger partial charge in [0.15, 0.2) is 6.10 Å². The summed E-state index contributed by atoms with van der Waals surface area (Å²) in [5.74, 6) is 0.107. The van der Waals surface area contributed by atoms with E-state index >= 15 is 0 Å². The number of unbranched alkanes of at least 4 members (excludes halogenated alkanes) is 4. The average molecular weight is 286 g/mol. The van der Waals surface area contributed by atoms with Crippen LogP contribution in [0.15, 0.2) is 0 Å². The zero-order valence-electron chi connectivity index (χ0n) is 13.1. The van der Waals surface area contributed by atoms with Gasteiger partial charge < -0.3 is 20.5 Å². The van der Waals surface area contributed by atoms with Gasteiger partial charge in [-0.05, 0) is 6.42 Å².